The third-order valence-electron chi connectivity index (χ3n) is 0. The Bertz CT molecular complexity index is 53.7. The van der Waals surface area contributed by atoms with Gasteiger partial charge in [-0.05, 0) is 0 Å². The summed E-state index contributed by atoms with van der Waals surface area (Å²) >= 11 is 0. The van der Waals surface area contributed by atoms with Gasteiger partial charge in [-0.25, -0.2) is 4.57 Å². The average molecular weight is 309 g/mol. The van der Waals surface area contributed by atoms with Gasteiger partial charge in [0, 0.05) is 0 Å². The van der Waals surface area contributed by atoms with Crippen molar-refractivity contribution >= 4 is 34.4 Å². The normalized spacial score (nSPS) is 9.83. The van der Waals surface area contributed by atoms with Gasteiger partial charge >= 0.3 is 34.4 Å². The second-order valence-electron chi connectivity index (χ2n) is 0.513. The van der Waals surface area contributed by atoms with Crippen molar-refractivity contribution in [2.75, 3.05) is 0 Å². The van der Waals surface area contributed by atoms with Gasteiger partial charge in [0.2, 0.25) is 0 Å². The predicted molar refractivity (Wildman–Crippen MR) is 22.8 cm³/mol. The van der Waals surface area contributed by atoms with Crippen molar-refractivity contribution in [3.63, 3.8) is 0 Å². The Balaban J connectivity index is 0. The fraction of sp³-hybridized carbons (Fsp3) is 0. The molecule has 4 nitrogen and oxygen atoms in total. The summed E-state index contributed by atoms with van der Waals surface area (Å²) in [7, 11) is -4.64. The van der Waals surface area contributed by atoms with Crippen LogP contribution in [-0.4, -0.2) is 41.2 Å². The van der Waals surface area contributed by atoms with E-state index in [2.05, 4.69) is 0 Å². The van der Waals surface area contributed by atoms with E-state index in [4.69, 9.17) is 19.2 Å². The molecule has 0 rings (SSSR count). The molecule has 3 N–H and O–H groups in total. The minimum absolute atomic E-state index is 0. The van der Waals surface area contributed by atoms with Crippen LogP contribution in [0.3, 0.4) is 0 Å². The Morgan fingerprint density at radius 1 is 1.17 bits per heavy atom. The first kappa shape index (κ1) is 10.1. The Hall–Kier alpha value is 1.01. The average Bonchev–Trinajstić information content (AvgIpc) is 0.722. The number of phosphoric acid groups is 1. The molecule has 0 heterocycles. The van der Waals surface area contributed by atoms with E-state index in [-0.39, 0.29) is 26.6 Å². The van der Waals surface area contributed by atoms with Gasteiger partial charge in [-0.2, -0.15) is 0 Å². The summed E-state index contributed by atoms with van der Waals surface area (Å²) in [4.78, 5) is 21.6. The van der Waals surface area contributed by atoms with Gasteiger partial charge < -0.3 is 14.7 Å². The van der Waals surface area contributed by atoms with E-state index in [1.54, 1.807) is 0 Å². The van der Waals surface area contributed by atoms with Crippen LogP contribution in [0.5, 0.6) is 0 Å². The quantitative estimate of drug-likeness (QED) is 0.459. The second-order valence-corrected chi connectivity index (χ2v) is 1.54. The summed E-state index contributed by atoms with van der Waals surface area (Å²) in [6.07, 6.45) is 0. The van der Waals surface area contributed by atoms with Crippen LogP contribution in [0.1, 0.15) is 0 Å². The zero-order chi connectivity index (χ0) is 4.50. The van der Waals surface area contributed by atoms with Crippen LogP contribution in [0, 0.1) is 0 Å². The number of rotatable bonds is 0. The molecule has 0 aliphatic heterocycles. The van der Waals surface area contributed by atoms with Crippen molar-refractivity contribution in [2.45, 2.75) is 0 Å². The maximum absolute atomic E-state index is 8.88. The minimum atomic E-state index is -4.64. The van der Waals surface area contributed by atoms with Crippen LogP contribution in [0.2, 0.25) is 0 Å². The molecule has 0 fully saturated rings. The zero-order valence-electron chi connectivity index (χ0n) is 2.70. The van der Waals surface area contributed by atoms with E-state index in [1.165, 1.54) is 0 Å². The van der Waals surface area contributed by atoms with Crippen LogP contribution in [0.15, 0.2) is 0 Å². The molecule has 0 saturated carbocycles. The summed E-state index contributed by atoms with van der Waals surface area (Å²) in [5, 5.41) is 0. The van der Waals surface area contributed by atoms with Crippen molar-refractivity contribution in [1.82, 2.24) is 0 Å². The summed E-state index contributed by atoms with van der Waals surface area (Å²) < 4.78 is 8.88. The van der Waals surface area contributed by atoms with Crippen molar-refractivity contribution in [3.05, 3.63) is 0 Å². The van der Waals surface area contributed by atoms with E-state index < -0.39 is 7.82 Å². The Morgan fingerprint density at radius 2 is 1.17 bits per heavy atom. The van der Waals surface area contributed by atoms with Crippen LogP contribution in [0.25, 0.3) is 0 Å². The van der Waals surface area contributed by atoms with E-state index in [9.17, 15) is 0 Å². The molecule has 6 heavy (non-hydrogen) atoms. The zero-order valence-corrected chi connectivity index (χ0v) is 7.48. The Morgan fingerprint density at radius 3 is 1.17 bits per heavy atom. The van der Waals surface area contributed by atoms with Gasteiger partial charge in [0.15, 0.2) is 0 Å². The van der Waals surface area contributed by atoms with Gasteiger partial charge in [-0.15, -0.1) is 0 Å². The van der Waals surface area contributed by atoms with E-state index in [0.717, 1.165) is 0 Å². The molecule has 0 aromatic carbocycles. The van der Waals surface area contributed by atoms with Crippen molar-refractivity contribution < 1.29 is 19.2 Å². The molecule has 0 aromatic heterocycles. The molecule has 0 bridgehead atoms. The summed E-state index contributed by atoms with van der Waals surface area (Å²) in [6.45, 7) is 0. The van der Waals surface area contributed by atoms with E-state index in [1.807, 2.05) is 0 Å². The Kier molecular flexibility index (Phi) is 5.15. The Labute approximate surface area is 53.9 Å². The molecule has 0 spiro atoms. The molecule has 0 radical (unpaired) electrons. The first-order valence-electron chi connectivity index (χ1n) is 0.783. The van der Waals surface area contributed by atoms with Gasteiger partial charge in [-0.1, -0.05) is 0 Å². The van der Waals surface area contributed by atoms with Crippen LogP contribution >= 0.6 is 7.82 Å². The first-order valence-corrected chi connectivity index (χ1v) is 2.35. The number of hydrogen-bond acceptors (Lipinski definition) is 1. The van der Waals surface area contributed by atoms with E-state index >= 15 is 0 Å². The number of hydrogen-bond donors (Lipinski definition) is 3. The molecule has 0 atom stereocenters. The molecule has 40 valence electrons. The third kappa shape index (κ3) is 79.4. The van der Waals surface area contributed by atoms with Gasteiger partial charge in [-0.3, -0.25) is 0 Å². The fourth-order valence-corrected chi connectivity index (χ4v) is 0. The predicted octanol–water partition coefficient (Wildman–Crippen LogP) is -1.84. The van der Waals surface area contributed by atoms with Gasteiger partial charge in [0.1, 0.15) is 0 Å². The topological polar surface area (TPSA) is 77.8 Å². The molecule has 0 aliphatic carbocycles. The third-order valence-corrected chi connectivity index (χ3v) is 0. The maximum atomic E-state index is 8.88. The summed E-state index contributed by atoms with van der Waals surface area (Å²) in [6, 6.07) is 0. The molecular formula is H5O4PPo. The molecular weight excluding hydrogens is 304 g/mol. The molecule has 0 amide bonds. The van der Waals surface area contributed by atoms with Crippen molar-refractivity contribution in [1.29, 1.82) is 0 Å². The SMILES string of the molecule is O=P(O)(O)O.[PoH2]. The van der Waals surface area contributed by atoms with E-state index in [0.29, 0.717) is 0 Å². The monoisotopic (exact) mass is 309 g/mol. The molecule has 0 aliphatic rings. The first-order chi connectivity index (χ1) is 2.00. The standard InChI is InChI=1S/H3O4P.Po.2H/c1-5(2,3)4;;;/h(H3,1,2,3,4);;;. The van der Waals surface area contributed by atoms with Crippen LogP contribution in [-0.2, 0) is 4.57 Å². The fourth-order valence-electron chi connectivity index (χ4n) is 0. The van der Waals surface area contributed by atoms with Gasteiger partial charge in [0.25, 0.3) is 0 Å². The van der Waals surface area contributed by atoms with Crippen LogP contribution < -0.4 is 0 Å². The van der Waals surface area contributed by atoms with Crippen molar-refractivity contribution in [2.24, 2.45) is 0 Å². The van der Waals surface area contributed by atoms with Crippen LogP contribution in [0.4, 0.5) is 0 Å². The molecule has 6 heteroatoms. The van der Waals surface area contributed by atoms with Gasteiger partial charge in [0.05, 0.1) is 0 Å². The summed E-state index contributed by atoms with van der Waals surface area (Å²) in [5.41, 5.74) is 0. The molecule has 0 aromatic rings. The molecule has 0 saturated heterocycles. The van der Waals surface area contributed by atoms with Crippen molar-refractivity contribution in [3.8, 4) is 0 Å². The molecule has 0 unspecified atom stereocenters. The second kappa shape index (κ2) is 3.07. The summed E-state index contributed by atoms with van der Waals surface area (Å²) in [5.74, 6) is 0.